The van der Waals surface area contributed by atoms with Crippen molar-refractivity contribution in [3.8, 4) is 0 Å². The molecule has 0 aromatic carbocycles. The predicted molar refractivity (Wildman–Crippen MR) is 74.6 cm³/mol. The Morgan fingerprint density at radius 3 is 2.32 bits per heavy atom. The summed E-state index contributed by atoms with van der Waals surface area (Å²) in [6.07, 6.45) is 4.56. The van der Waals surface area contributed by atoms with Crippen molar-refractivity contribution in [1.29, 1.82) is 0 Å². The molecule has 0 aromatic rings. The Balaban J connectivity index is 2.36. The van der Waals surface area contributed by atoms with Gasteiger partial charge in [-0.2, -0.15) is 0 Å². The SMILES string of the molecule is CCC(C)N1C(=O)C2(CCCC2)NC(=O)C1C(C)C. The molecule has 1 saturated heterocycles. The lowest BCUT2D eigenvalue weighted by atomic mass is 9.86. The number of hydrogen-bond acceptors (Lipinski definition) is 2. The predicted octanol–water partition coefficient (Wildman–Crippen LogP) is 2.08. The summed E-state index contributed by atoms with van der Waals surface area (Å²) < 4.78 is 0. The molecule has 1 heterocycles. The maximum atomic E-state index is 12.9. The minimum Gasteiger partial charge on any atom is -0.340 e. The fraction of sp³-hybridized carbons (Fsp3) is 0.867. The summed E-state index contributed by atoms with van der Waals surface area (Å²) in [5.41, 5.74) is -0.591. The van der Waals surface area contributed by atoms with Crippen LogP contribution in [0.4, 0.5) is 0 Å². The van der Waals surface area contributed by atoms with E-state index in [0.29, 0.717) is 0 Å². The highest BCUT2D eigenvalue weighted by molar-refractivity contribution is 6.00. The summed E-state index contributed by atoms with van der Waals surface area (Å²) >= 11 is 0. The van der Waals surface area contributed by atoms with Crippen molar-refractivity contribution < 1.29 is 9.59 Å². The first kappa shape index (κ1) is 14.4. The molecule has 1 aliphatic carbocycles. The lowest BCUT2D eigenvalue weighted by Gasteiger charge is -2.48. The number of carbonyl (C=O) groups excluding carboxylic acids is 2. The summed E-state index contributed by atoms with van der Waals surface area (Å²) in [5.74, 6) is 0.339. The number of nitrogens with one attached hydrogen (secondary N) is 1. The van der Waals surface area contributed by atoms with Gasteiger partial charge in [0.2, 0.25) is 11.8 Å². The molecule has 2 atom stereocenters. The van der Waals surface area contributed by atoms with Crippen molar-refractivity contribution in [2.45, 2.75) is 77.4 Å². The lowest BCUT2D eigenvalue weighted by Crippen LogP contribution is -2.71. The average molecular weight is 266 g/mol. The number of piperazine rings is 1. The second kappa shape index (κ2) is 5.14. The van der Waals surface area contributed by atoms with Gasteiger partial charge < -0.3 is 10.2 Å². The standard InChI is InChI=1S/C15H26N2O2/c1-5-11(4)17-12(10(2)3)13(18)16-15(14(17)19)8-6-7-9-15/h10-12H,5-9H2,1-4H3,(H,16,18). The van der Waals surface area contributed by atoms with E-state index in [1.807, 2.05) is 18.7 Å². The Morgan fingerprint density at radius 1 is 1.26 bits per heavy atom. The van der Waals surface area contributed by atoms with E-state index in [2.05, 4.69) is 19.2 Å². The van der Waals surface area contributed by atoms with Crippen molar-refractivity contribution in [2.75, 3.05) is 0 Å². The highest BCUT2D eigenvalue weighted by atomic mass is 16.2. The molecular weight excluding hydrogens is 240 g/mol. The minimum atomic E-state index is -0.591. The minimum absolute atomic E-state index is 0.0387. The van der Waals surface area contributed by atoms with Crippen molar-refractivity contribution in [3.63, 3.8) is 0 Å². The van der Waals surface area contributed by atoms with Crippen molar-refractivity contribution in [3.05, 3.63) is 0 Å². The van der Waals surface area contributed by atoms with Crippen LogP contribution < -0.4 is 5.32 Å². The van der Waals surface area contributed by atoms with E-state index in [1.54, 1.807) is 0 Å². The third kappa shape index (κ3) is 2.26. The molecule has 0 aromatic heterocycles. The van der Waals surface area contributed by atoms with E-state index in [-0.39, 0.29) is 29.8 Å². The van der Waals surface area contributed by atoms with E-state index in [9.17, 15) is 9.59 Å². The van der Waals surface area contributed by atoms with Crippen molar-refractivity contribution in [2.24, 2.45) is 5.92 Å². The van der Waals surface area contributed by atoms with Crippen LogP contribution in [0.25, 0.3) is 0 Å². The van der Waals surface area contributed by atoms with E-state index >= 15 is 0 Å². The molecule has 2 unspecified atom stereocenters. The van der Waals surface area contributed by atoms with Gasteiger partial charge in [0.25, 0.3) is 0 Å². The Kier molecular flexibility index (Phi) is 3.88. The van der Waals surface area contributed by atoms with Crippen LogP contribution in [0, 0.1) is 5.92 Å². The molecule has 2 aliphatic rings. The number of hydrogen-bond donors (Lipinski definition) is 1. The first-order chi connectivity index (χ1) is 8.93. The van der Waals surface area contributed by atoms with Gasteiger partial charge in [0.05, 0.1) is 0 Å². The molecule has 2 amide bonds. The van der Waals surface area contributed by atoms with Gasteiger partial charge in [-0.05, 0) is 32.1 Å². The normalized spacial score (nSPS) is 28.1. The van der Waals surface area contributed by atoms with Gasteiger partial charge >= 0.3 is 0 Å². The zero-order valence-corrected chi connectivity index (χ0v) is 12.5. The Hall–Kier alpha value is -1.06. The molecule has 0 bridgehead atoms. The molecule has 4 heteroatoms. The molecule has 2 fully saturated rings. The maximum absolute atomic E-state index is 12.9. The quantitative estimate of drug-likeness (QED) is 0.850. The number of amides is 2. The molecule has 1 aliphatic heterocycles. The first-order valence-corrected chi connectivity index (χ1v) is 7.57. The van der Waals surface area contributed by atoms with Crippen molar-refractivity contribution >= 4 is 11.8 Å². The number of rotatable bonds is 3. The van der Waals surface area contributed by atoms with Gasteiger partial charge in [0.1, 0.15) is 11.6 Å². The van der Waals surface area contributed by atoms with Crippen LogP contribution in [0.2, 0.25) is 0 Å². The Labute approximate surface area is 115 Å². The first-order valence-electron chi connectivity index (χ1n) is 7.57. The number of nitrogens with zero attached hydrogens (tertiary/aromatic N) is 1. The molecule has 2 rings (SSSR count). The van der Waals surface area contributed by atoms with Crippen molar-refractivity contribution in [1.82, 2.24) is 10.2 Å². The highest BCUT2D eigenvalue weighted by Crippen LogP contribution is 2.36. The monoisotopic (exact) mass is 266 g/mol. The van der Waals surface area contributed by atoms with Gasteiger partial charge in [0, 0.05) is 6.04 Å². The molecule has 19 heavy (non-hydrogen) atoms. The van der Waals surface area contributed by atoms with Crippen LogP contribution in [0.15, 0.2) is 0 Å². The van der Waals surface area contributed by atoms with Gasteiger partial charge in [-0.15, -0.1) is 0 Å². The van der Waals surface area contributed by atoms with Gasteiger partial charge in [0.15, 0.2) is 0 Å². The number of carbonyl (C=O) groups is 2. The third-order valence-corrected chi connectivity index (χ3v) is 4.73. The van der Waals surface area contributed by atoms with E-state index in [4.69, 9.17) is 0 Å². The Bertz CT molecular complexity index is 372. The van der Waals surface area contributed by atoms with E-state index < -0.39 is 5.54 Å². The molecule has 1 N–H and O–H groups in total. The second-order valence-electron chi connectivity index (χ2n) is 6.44. The molecule has 4 nitrogen and oxygen atoms in total. The van der Waals surface area contributed by atoms with Crippen LogP contribution in [-0.4, -0.2) is 34.3 Å². The van der Waals surface area contributed by atoms with Crippen LogP contribution in [0.3, 0.4) is 0 Å². The third-order valence-electron chi connectivity index (χ3n) is 4.73. The van der Waals surface area contributed by atoms with E-state index in [0.717, 1.165) is 32.1 Å². The van der Waals surface area contributed by atoms with Crippen LogP contribution in [-0.2, 0) is 9.59 Å². The fourth-order valence-corrected chi connectivity index (χ4v) is 3.48. The molecule has 1 saturated carbocycles. The topological polar surface area (TPSA) is 49.4 Å². The largest absolute Gasteiger partial charge is 0.340 e. The lowest BCUT2D eigenvalue weighted by molar-refractivity contribution is -0.159. The summed E-state index contributed by atoms with van der Waals surface area (Å²) in [4.78, 5) is 27.3. The fourth-order valence-electron chi connectivity index (χ4n) is 3.48. The van der Waals surface area contributed by atoms with Crippen LogP contribution >= 0.6 is 0 Å². The van der Waals surface area contributed by atoms with E-state index in [1.165, 1.54) is 0 Å². The summed E-state index contributed by atoms with van der Waals surface area (Å²) in [5, 5.41) is 3.05. The van der Waals surface area contributed by atoms with Gasteiger partial charge in [-0.3, -0.25) is 9.59 Å². The maximum Gasteiger partial charge on any atom is 0.249 e. The second-order valence-corrected chi connectivity index (χ2v) is 6.44. The molecule has 108 valence electrons. The van der Waals surface area contributed by atoms with Crippen LogP contribution in [0.5, 0.6) is 0 Å². The Morgan fingerprint density at radius 2 is 1.84 bits per heavy atom. The summed E-state index contributed by atoms with van der Waals surface area (Å²) in [6.45, 7) is 8.15. The zero-order valence-electron chi connectivity index (χ0n) is 12.5. The van der Waals surface area contributed by atoms with Crippen LogP contribution in [0.1, 0.15) is 59.8 Å². The van der Waals surface area contributed by atoms with Gasteiger partial charge in [-0.1, -0.05) is 33.6 Å². The summed E-state index contributed by atoms with van der Waals surface area (Å²) in [7, 11) is 0. The summed E-state index contributed by atoms with van der Waals surface area (Å²) in [6, 6.07) is -0.183. The zero-order chi connectivity index (χ0) is 14.2. The highest BCUT2D eigenvalue weighted by Gasteiger charge is 2.53. The smallest absolute Gasteiger partial charge is 0.249 e. The molecular formula is C15H26N2O2. The molecule has 0 radical (unpaired) electrons. The average Bonchev–Trinajstić information content (AvgIpc) is 2.81. The van der Waals surface area contributed by atoms with Gasteiger partial charge in [-0.25, -0.2) is 0 Å². The molecule has 1 spiro atoms.